The standard InChI is InChI=1S/C14H20N2OS/c1-10-12-5-9-18-13(12)4-8-16(10)14(17)11-2-6-15-7-3-11/h5,9-11,15H,2-4,6-8H2,1H3. The van der Waals surface area contributed by atoms with Crippen molar-refractivity contribution in [3.8, 4) is 0 Å². The Bertz CT molecular complexity index is 437. The van der Waals surface area contributed by atoms with Crippen molar-refractivity contribution in [3.05, 3.63) is 21.9 Å². The first-order chi connectivity index (χ1) is 8.77. The molecule has 2 aliphatic heterocycles. The van der Waals surface area contributed by atoms with Crippen molar-refractivity contribution in [1.82, 2.24) is 10.2 Å². The second kappa shape index (κ2) is 5.02. The largest absolute Gasteiger partial charge is 0.335 e. The highest BCUT2D eigenvalue weighted by atomic mass is 32.1. The van der Waals surface area contributed by atoms with Crippen LogP contribution in [0, 0.1) is 5.92 Å². The molecule has 1 aromatic rings. The molecule has 98 valence electrons. The van der Waals surface area contributed by atoms with Crippen LogP contribution in [0.3, 0.4) is 0 Å². The Labute approximate surface area is 112 Å². The van der Waals surface area contributed by atoms with Gasteiger partial charge in [-0.15, -0.1) is 11.3 Å². The van der Waals surface area contributed by atoms with Crippen LogP contribution in [0.2, 0.25) is 0 Å². The SMILES string of the molecule is CC1c2ccsc2CCN1C(=O)C1CCNCC1. The molecule has 3 heterocycles. The molecule has 4 heteroatoms. The second-order valence-electron chi connectivity index (χ2n) is 5.28. The lowest BCUT2D eigenvalue weighted by Gasteiger charge is -2.37. The van der Waals surface area contributed by atoms with E-state index >= 15 is 0 Å². The number of carbonyl (C=O) groups excluding carboxylic acids is 1. The first kappa shape index (κ1) is 12.2. The summed E-state index contributed by atoms with van der Waals surface area (Å²) in [6.07, 6.45) is 3.03. The van der Waals surface area contributed by atoms with Gasteiger partial charge in [0.25, 0.3) is 0 Å². The third-order valence-corrected chi connectivity index (χ3v) is 5.25. The summed E-state index contributed by atoms with van der Waals surface area (Å²) >= 11 is 1.83. The van der Waals surface area contributed by atoms with E-state index in [1.54, 1.807) is 0 Å². The Morgan fingerprint density at radius 3 is 3.00 bits per heavy atom. The molecule has 18 heavy (non-hydrogen) atoms. The van der Waals surface area contributed by atoms with E-state index in [2.05, 4.69) is 28.6 Å². The Balaban J connectivity index is 1.75. The van der Waals surface area contributed by atoms with Crippen molar-refractivity contribution >= 4 is 17.2 Å². The van der Waals surface area contributed by atoms with Gasteiger partial charge in [0.1, 0.15) is 0 Å². The molecule has 1 amide bonds. The van der Waals surface area contributed by atoms with Gasteiger partial charge in [-0.3, -0.25) is 4.79 Å². The maximum Gasteiger partial charge on any atom is 0.226 e. The van der Waals surface area contributed by atoms with E-state index in [9.17, 15) is 4.79 Å². The number of amides is 1. The predicted octanol–water partition coefficient (Wildman–Crippen LogP) is 2.19. The summed E-state index contributed by atoms with van der Waals surface area (Å²) in [6.45, 7) is 5.05. The summed E-state index contributed by atoms with van der Waals surface area (Å²) in [5.74, 6) is 0.620. The van der Waals surface area contributed by atoms with Crippen LogP contribution in [-0.2, 0) is 11.2 Å². The van der Waals surface area contributed by atoms with Crippen molar-refractivity contribution in [3.63, 3.8) is 0 Å². The summed E-state index contributed by atoms with van der Waals surface area (Å²) in [5, 5.41) is 5.48. The number of hydrogen-bond acceptors (Lipinski definition) is 3. The lowest BCUT2D eigenvalue weighted by atomic mass is 9.93. The third kappa shape index (κ3) is 2.08. The van der Waals surface area contributed by atoms with E-state index in [0.29, 0.717) is 5.91 Å². The average Bonchev–Trinajstić information content (AvgIpc) is 2.89. The van der Waals surface area contributed by atoms with E-state index in [0.717, 1.165) is 38.9 Å². The topological polar surface area (TPSA) is 32.3 Å². The molecule has 0 aromatic carbocycles. The molecule has 3 rings (SSSR count). The molecular formula is C14H20N2OS. The van der Waals surface area contributed by atoms with Crippen LogP contribution in [0.15, 0.2) is 11.4 Å². The Kier molecular flexibility index (Phi) is 3.39. The number of hydrogen-bond donors (Lipinski definition) is 1. The summed E-state index contributed by atoms with van der Waals surface area (Å²) < 4.78 is 0. The van der Waals surface area contributed by atoms with Gasteiger partial charge in [-0.05, 0) is 56.3 Å². The van der Waals surface area contributed by atoms with Gasteiger partial charge in [0.05, 0.1) is 6.04 Å². The van der Waals surface area contributed by atoms with Crippen LogP contribution in [-0.4, -0.2) is 30.4 Å². The number of fused-ring (bicyclic) bond motifs is 1. The fourth-order valence-corrected chi connectivity index (χ4v) is 4.08. The first-order valence-corrected chi connectivity index (χ1v) is 7.73. The van der Waals surface area contributed by atoms with Gasteiger partial charge in [-0.25, -0.2) is 0 Å². The van der Waals surface area contributed by atoms with Crippen LogP contribution in [0.4, 0.5) is 0 Å². The molecule has 0 radical (unpaired) electrons. The molecular weight excluding hydrogens is 244 g/mol. The zero-order valence-electron chi connectivity index (χ0n) is 10.8. The number of nitrogens with zero attached hydrogens (tertiary/aromatic N) is 1. The molecule has 1 unspecified atom stereocenters. The maximum absolute atomic E-state index is 12.6. The Hall–Kier alpha value is -0.870. The zero-order chi connectivity index (χ0) is 12.5. The van der Waals surface area contributed by atoms with Gasteiger partial charge in [0.2, 0.25) is 5.91 Å². The van der Waals surface area contributed by atoms with E-state index in [1.807, 2.05) is 11.3 Å². The van der Waals surface area contributed by atoms with Crippen molar-refractivity contribution < 1.29 is 4.79 Å². The smallest absolute Gasteiger partial charge is 0.226 e. The summed E-state index contributed by atoms with van der Waals surface area (Å²) in [7, 11) is 0. The van der Waals surface area contributed by atoms with Crippen LogP contribution >= 0.6 is 11.3 Å². The van der Waals surface area contributed by atoms with Crippen molar-refractivity contribution in [2.45, 2.75) is 32.2 Å². The fraction of sp³-hybridized carbons (Fsp3) is 0.643. The van der Waals surface area contributed by atoms with Crippen molar-refractivity contribution in [2.24, 2.45) is 5.92 Å². The lowest BCUT2D eigenvalue weighted by Crippen LogP contribution is -2.44. The minimum Gasteiger partial charge on any atom is -0.335 e. The number of carbonyl (C=O) groups is 1. The Morgan fingerprint density at radius 2 is 2.22 bits per heavy atom. The molecule has 0 bridgehead atoms. The normalized spacial score (nSPS) is 24.9. The molecule has 0 saturated carbocycles. The number of thiophene rings is 1. The van der Waals surface area contributed by atoms with Gasteiger partial charge in [0, 0.05) is 17.3 Å². The maximum atomic E-state index is 12.6. The second-order valence-corrected chi connectivity index (χ2v) is 6.28. The average molecular weight is 264 g/mol. The molecule has 1 N–H and O–H groups in total. The van der Waals surface area contributed by atoms with Gasteiger partial charge < -0.3 is 10.2 Å². The molecule has 0 spiro atoms. The van der Waals surface area contributed by atoms with E-state index in [1.165, 1.54) is 10.4 Å². The van der Waals surface area contributed by atoms with E-state index in [4.69, 9.17) is 0 Å². The minimum atomic E-state index is 0.244. The van der Waals surface area contributed by atoms with E-state index in [-0.39, 0.29) is 12.0 Å². The molecule has 0 aliphatic carbocycles. The van der Waals surface area contributed by atoms with Crippen LogP contribution in [0.25, 0.3) is 0 Å². The predicted molar refractivity (Wildman–Crippen MR) is 73.7 cm³/mol. The highest BCUT2D eigenvalue weighted by Gasteiger charge is 2.32. The fourth-order valence-electron chi connectivity index (χ4n) is 3.11. The quantitative estimate of drug-likeness (QED) is 0.843. The Morgan fingerprint density at radius 1 is 1.44 bits per heavy atom. The summed E-state index contributed by atoms with van der Waals surface area (Å²) in [4.78, 5) is 16.2. The molecule has 1 aromatic heterocycles. The van der Waals surface area contributed by atoms with Gasteiger partial charge in [-0.1, -0.05) is 0 Å². The molecule has 1 atom stereocenters. The molecule has 1 saturated heterocycles. The van der Waals surface area contributed by atoms with Crippen molar-refractivity contribution in [1.29, 1.82) is 0 Å². The highest BCUT2D eigenvalue weighted by molar-refractivity contribution is 7.10. The monoisotopic (exact) mass is 264 g/mol. The molecule has 2 aliphatic rings. The van der Waals surface area contributed by atoms with Crippen molar-refractivity contribution in [2.75, 3.05) is 19.6 Å². The van der Waals surface area contributed by atoms with Gasteiger partial charge >= 0.3 is 0 Å². The summed E-state index contributed by atoms with van der Waals surface area (Å²) in [5.41, 5.74) is 1.37. The highest BCUT2D eigenvalue weighted by Crippen LogP contribution is 2.34. The molecule has 1 fully saturated rings. The number of nitrogens with one attached hydrogen (secondary N) is 1. The van der Waals surface area contributed by atoms with Crippen LogP contribution in [0.1, 0.15) is 36.2 Å². The van der Waals surface area contributed by atoms with Crippen LogP contribution < -0.4 is 5.32 Å². The first-order valence-electron chi connectivity index (χ1n) is 6.85. The zero-order valence-corrected chi connectivity index (χ0v) is 11.6. The molecule has 3 nitrogen and oxygen atoms in total. The third-order valence-electron chi connectivity index (χ3n) is 4.25. The lowest BCUT2D eigenvalue weighted by molar-refractivity contribution is -0.139. The van der Waals surface area contributed by atoms with Crippen LogP contribution in [0.5, 0.6) is 0 Å². The van der Waals surface area contributed by atoms with Gasteiger partial charge in [-0.2, -0.15) is 0 Å². The summed E-state index contributed by atoms with van der Waals surface area (Å²) in [6, 6.07) is 2.45. The van der Waals surface area contributed by atoms with Gasteiger partial charge in [0.15, 0.2) is 0 Å². The van der Waals surface area contributed by atoms with E-state index < -0.39 is 0 Å². The number of piperidine rings is 1. The number of rotatable bonds is 1. The minimum absolute atomic E-state index is 0.244.